The fourth-order valence-corrected chi connectivity index (χ4v) is 5.48. The molecule has 1 aromatic heterocycles. The molecule has 1 amide bonds. The Hall–Kier alpha value is -4.39. The van der Waals surface area contributed by atoms with Gasteiger partial charge in [0.1, 0.15) is 11.3 Å². The number of ether oxygens (including phenoxy) is 1. The van der Waals surface area contributed by atoms with Crippen molar-refractivity contribution in [2.45, 2.75) is 38.5 Å². The van der Waals surface area contributed by atoms with E-state index >= 15 is 0 Å². The summed E-state index contributed by atoms with van der Waals surface area (Å²) in [6.45, 7) is 4.21. The smallest absolute Gasteiger partial charge is 0.340 e. The van der Waals surface area contributed by atoms with Crippen molar-refractivity contribution in [1.29, 1.82) is 0 Å². The first-order valence-electron chi connectivity index (χ1n) is 13.1. The zero-order valence-corrected chi connectivity index (χ0v) is 22.1. The van der Waals surface area contributed by atoms with Crippen molar-refractivity contribution in [2.24, 2.45) is 0 Å². The molecule has 0 unspecified atom stereocenters. The van der Waals surface area contributed by atoms with Crippen LogP contribution in [-0.4, -0.2) is 41.6 Å². The summed E-state index contributed by atoms with van der Waals surface area (Å²) in [6.07, 6.45) is 1.16. The highest BCUT2D eigenvalue weighted by atomic mass is 16.5. The molecule has 0 radical (unpaired) electrons. The summed E-state index contributed by atoms with van der Waals surface area (Å²) in [6, 6.07) is 22.6. The van der Waals surface area contributed by atoms with E-state index in [-0.39, 0.29) is 18.1 Å². The topological polar surface area (TPSA) is 97.0 Å². The number of amides is 1. The normalized spacial score (nSPS) is 14.8. The maximum atomic E-state index is 13.0. The van der Waals surface area contributed by atoms with Crippen LogP contribution in [0.15, 0.2) is 82.0 Å². The number of aryl methyl sites for hydroxylation is 2. The van der Waals surface area contributed by atoms with Gasteiger partial charge in [-0.1, -0.05) is 60.7 Å². The molecule has 0 saturated carbocycles. The zero-order chi connectivity index (χ0) is 27.6. The summed E-state index contributed by atoms with van der Waals surface area (Å²) >= 11 is 0. The third-order valence-corrected chi connectivity index (χ3v) is 7.93. The number of nitrogens with zero attached hydrogens (tertiary/aromatic N) is 1. The lowest BCUT2D eigenvalue weighted by Gasteiger charge is -2.39. The van der Waals surface area contributed by atoms with E-state index in [0.717, 1.165) is 22.1 Å². The predicted molar refractivity (Wildman–Crippen MR) is 148 cm³/mol. The van der Waals surface area contributed by atoms with Gasteiger partial charge < -0.3 is 19.2 Å². The molecule has 1 fully saturated rings. The van der Waals surface area contributed by atoms with Crippen molar-refractivity contribution in [3.8, 4) is 5.75 Å². The number of carboxylic acids is 1. The Kier molecular flexibility index (Phi) is 7.24. The Morgan fingerprint density at radius 2 is 1.56 bits per heavy atom. The van der Waals surface area contributed by atoms with Crippen LogP contribution in [-0.2, 0) is 21.4 Å². The van der Waals surface area contributed by atoms with Crippen molar-refractivity contribution >= 4 is 22.8 Å². The third-order valence-electron chi connectivity index (χ3n) is 7.93. The number of fused-ring (bicyclic) bond motifs is 1. The van der Waals surface area contributed by atoms with Crippen LogP contribution in [0.5, 0.6) is 5.75 Å². The quantitative estimate of drug-likeness (QED) is 0.340. The maximum absolute atomic E-state index is 13.0. The van der Waals surface area contributed by atoms with Gasteiger partial charge in [-0.3, -0.25) is 9.59 Å². The Balaban J connectivity index is 1.28. The molecule has 7 nitrogen and oxygen atoms in total. The molecular formula is C32H31NO6. The van der Waals surface area contributed by atoms with Crippen LogP contribution in [0.25, 0.3) is 11.0 Å². The summed E-state index contributed by atoms with van der Waals surface area (Å²) < 4.78 is 11.6. The molecule has 7 heteroatoms. The highest BCUT2D eigenvalue weighted by molar-refractivity contribution is 5.86. The van der Waals surface area contributed by atoms with Gasteiger partial charge in [0.15, 0.2) is 6.61 Å². The number of aliphatic carboxylic acids is 1. The van der Waals surface area contributed by atoms with E-state index in [2.05, 4.69) is 0 Å². The number of piperidine rings is 1. The molecule has 1 N–H and O–H groups in total. The van der Waals surface area contributed by atoms with E-state index in [1.54, 1.807) is 11.0 Å². The summed E-state index contributed by atoms with van der Waals surface area (Å²) in [4.78, 5) is 39.7. The van der Waals surface area contributed by atoms with Gasteiger partial charge in [-0.2, -0.15) is 0 Å². The van der Waals surface area contributed by atoms with Crippen molar-refractivity contribution in [1.82, 2.24) is 4.90 Å². The van der Waals surface area contributed by atoms with Gasteiger partial charge in [0.25, 0.3) is 5.91 Å². The fourth-order valence-electron chi connectivity index (χ4n) is 5.48. The summed E-state index contributed by atoms with van der Waals surface area (Å²) in [7, 11) is 0. The van der Waals surface area contributed by atoms with Gasteiger partial charge in [0.2, 0.25) is 0 Å². The molecule has 0 atom stereocenters. The van der Waals surface area contributed by atoms with Gasteiger partial charge in [0.05, 0.1) is 5.41 Å². The Morgan fingerprint density at radius 1 is 0.923 bits per heavy atom. The van der Waals surface area contributed by atoms with Gasteiger partial charge in [-0.15, -0.1) is 0 Å². The molecule has 200 valence electrons. The lowest BCUT2D eigenvalue weighted by atomic mass is 9.73. The maximum Gasteiger partial charge on any atom is 0.340 e. The first-order valence-corrected chi connectivity index (χ1v) is 13.1. The number of hydrogen-bond acceptors (Lipinski definition) is 5. The van der Waals surface area contributed by atoms with E-state index in [9.17, 15) is 19.5 Å². The van der Waals surface area contributed by atoms with Crippen LogP contribution in [0.1, 0.15) is 40.7 Å². The van der Waals surface area contributed by atoms with E-state index in [1.165, 1.54) is 0 Å². The number of hydrogen-bond donors (Lipinski definition) is 1. The summed E-state index contributed by atoms with van der Waals surface area (Å²) in [5.41, 5.74) is 3.00. The third kappa shape index (κ3) is 5.04. The lowest BCUT2D eigenvalue weighted by molar-refractivity contribution is -0.148. The van der Waals surface area contributed by atoms with E-state index in [4.69, 9.17) is 9.15 Å². The van der Waals surface area contributed by atoms with Crippen LogP contribution in [0.2, 0.25) is 0 Å². The van der Waals surface area contributed by atoms with Crippen LogP contribution in [0, 0.1) is 13.8 Å². The van der Waals surface area contributed by atoms with Gasteiger partial charge in [0, 0.05) is 36.0 Å². The monoisotopic (exact) mass is 525 g/mol. The minimum Gasteiger partial charge on any atom is -0.483 e. The number of carbonyl (C=O) groups is 2. The average molecular weight is 526 g/mol. The molecular weight excluding hydrogens is 494 g/mol. The minimum absolute atomic E-state index is 0.187. The Morgan fingerprint density at radius 3 is 2.21 bits per heavy atom. The fraction of sp³-hybridized carbons (Fsp3) is 0.281. The highest BCUT2D eigenvalue weighted by Crippen LogP contribution is 2.36. The number of benzene rings is 3. The van der Waals surface area contributed by atoms with Crippen molar-refractivity contribution in [2.75, 3.05) is 19.7 Å². The molecule has 39 heavy (non-hydrogen) atoms. The van der Waals surface area contributed by atoms with Gasteiger partial charge in [-0.05, 0) is 55.5 Å². The number of rotatable bonds is 7. The van der Waals surface area contributed by atoms with Crippen molar-refractivity contribution in [3.05, 3.63) is 111 Å². The van der Waals surface area contributed by atoms with E-state index in [0.29, 0.717) is 54.8 Å². The summed E-state index contributed by atoms with van der Waals surface area (Å²) in [5.74, 6) is -0.611. The van der Waals surface area contributed by atoms with Crippen molar-refractivity contribution in [3.63, 3.8) is 0 Å². The van der Waals surface area contributed by atoms with Crippen LogP contribution in [0.3, 0.4) is 0 Å². The predicted octanol–water partition coefficient (Wildman–Crippen LogP) is 5.02. The Labute approximate surface area is 226 Å². The lowest BCUT2D eigenvalue weighted by Crippen LogP contribution is -2.50. The number of carbonyl (C=O) groups excluding carboxylic acids is 1. The first-order chi connectivity index (χ1) is 18.8. The minimum atomic E-state index is -0.997. The first kappa shape index (κ1) is 26.2. The molecule has 1 saturated heterocycles. The number of carboxylic acid groups (broad SMARTS) is 1. The average Bonchev–Trinajstić information content (AvgIpc) is 2.96. The summed E-state index contributed by atoms with van der Waals surface area (Å²) in [5, 5.41) is 10.8. The standard InChI is InChI=1S/C32H31NO6/c1-21-25-13-14-27(22(2)29(25)39-30(35)26(21)19-23-9-5-3-6-10-23)38-20-28(34)33-17-15-32(16-18-33,31(36)37)24-11-7-4-8-12-24/h3-14H,15-20H2,1-2H3,(H,36,37). The van der Waals surface area contributed by atoms with E-state index < -0.39 is 11.4 Å². The Bertz CT molecular complexity index is 1570. The molecule has 5 rings (SSSR count). The second kappa shape index (κ2) is 10.8. The molecule has 0 aliphatic carbocycles. The molecule has 1 aliphatic heterocycles. The van der Waals surface area contributed by atoms with Crippen LogP contribution < -0.4 is 10.4 Å². The molecule has 4 aromatic rings. The highest BCUT2D eigenvalue weighted by Gasteiger charge is 2.43. The molecule has 1 aliphatic rings. The molecule has 3 aromatic carbocycles. The largest absolute Gasteiger partial charge is 0.483 e. The van der Waals surface area contributed by atoms with Crippen LogP contribution in [0.4, 0.5) is 0 Å². The van der Waals surface area contributed by atoms with Crippen molar-refractivity contribution < 1.29 is 23.8 Å². The van der Waals surface area contributed by atoms with Crippen LogP contribution >= 0.6 is 0 Å². The molecule has 2 heterocycles. The second-order valence-electron chi connectivity index (χ2n) is 10.1. The molecule has 0 bridgehead atoms. The van der Waals surface area contributed by atoms with Gasteiger partial charge >= 0.3 is 11.6 Å². The molecule has 0 spiro atoms. The van der Waals surface area contributed by atoms with E-state index in [1.807, 2.05) is 80.6 Å². The number of likely N-dealkylation sites (tertiary alicyclic amines) is 1. The SMILES string of the molecule is Cc1c(Cc2ccccc2)c(=O)oc2c(C)c(OCC(=O)N3CCC(C(=O)O)(c4ccccc4)CC3)ccc12. The zero-order valence-electron chi connectivity index (χ0n) is 22.1. The second-order valence-corrected chi connectivity index (χ2v) is 10.1. The van der Waals surface area contributed by atoms with Gasteiger partial charge in [-0.25, -0.2) is 4.79 Å².